The highest BCUT2D eigenvalue weighted by Gasteiger charge is 2.25. The highest BCUT2D eigenvalue weighted by molar-refractivity contribution is 6.01. The lowest BCUT2D eigenvalue weighted by Crippen LogP contribution is -2.34. The maximum atomic E-state index is 12.4. The molecule has 1 aromatic carbocycles. The second-order valence-electron chi connectivity index (χ2n) is 6.09. The van der Waals surface area contributed by atoms with Gasteiger partial charge in [-0.05, 0) is 31.0 Å². The normalized spacial score (nSPS) is 22.1. The largest absolute Gasteiger partial charge is 0.479 e. The van der Waals surface area contributed by atoms with Gasteiger partial charge >= 0.3 is 0 Å². The smallest absolute Gasteiger partial charge is 0.265 e. The Balaban J connectivity index is 1.72. The van der Waals surface area contributed by atoms with E-state index in [1.807, 2.05) is 0 Å². The molecule has 1 N–H and O–H groups in total. The van der Waals surface area contributed by atoms with Gasteiger partial charge in [0.05, 0.1) is 5.69 Å². The van der Waals surface area contributed by atoms with Gasteiger partial charge in [0.1, 0.15) is 5.75 Å². The molecule has 0 aromatic heterocycles. The summed E-state index contributed by atoms with van der Waals surface area (Å²) in [7, 11) is 0. The van der Waals surface area contributed by atoms with E-state index in [-0.39, 0.29) is 11.7 Å². The number of carbonyl (C=O) groups excluding carboxylic acids is 2. The Hall–Kier alpha value is -1.84. The number of rotatable bonds is 3. The van der Waals surface area contributed by atoms with Gasteiger partial charge in [-0.1, -0.05) is 32.1 Å². The van der Waals surface area contributed by atoms with Crippen LogP contribution >= 0.6 is 0 Å². The number of carbonyl (C=O) groups is 2. The van der Waals surface area contributed by atoms with Crippen LogP contribution in [0.4, 0.5) is 5.69 Å². The molecule has 0 bridgehead atoms. The molecule has 1 aromatic rings. The molecule has 0 spiro atoms. The Morgan fingerprint density at radius 1 is 1.29 bits per heavy atom. The third-order valence-corrected chi connectivity index (χ3v) is 4.43. The number of ether oxygens (including phenoxy) is 1. The fraction of sp³-hybridized carbons (Fsp3) is 0.529. The standard InChI is InChI=1S/C17H21NO3/c1-11-17(20)18-14-10-13(7-8-16(14)21-11)15(19)9-12-5-3-2-4-6-12/h7-8,10-12H,2-6,9H2,1H3,(H,18,20). The minimum absolute atomic E-state index is 0.164. The summed E-state index contributed by atoms with van der Waals surface area (Å²) in [4.78, 5) is 24.0. The van der Waals surface area contributed by atoms with Gasteiger partial charge in [-0.2, -0.15) is 0 Å². The van der Waals surface area contributed by atoms with Crippen LogP contribution < -0.4 is 10.1 Å². The lowest BCUT2D eigenvalue weighted by atomic mass is 9.85. The lowest BCUT2D eigenvalue weighted by molar-refractivity contribution is -0.122. The Morgan fingerprint density at radius 3 is 2.81 bits per heavy atom. The quantitative estimate of drug-likeness (QED) is 0.865. The van der Waals surface area contributed by atoms with Crippen molar-refractivity contribution in [1.82, 2.24) is 0 Å². The maximum Gasteiger partial charge on any atom is 0.265 e. The average Bonchev–Trinajstić information content (AvgIpc) is 2.49. The van der Waals surface area contributed by atoms with Gasteiger partial charge in [-0.3, -0.25) is 9.59 Å². The summed E-state index contributed by atoms with van der Waals surface area (Å²) in [5, 5.41) is 2.79. The molecule has 2 aliphatic rings. The molecule has 1 unspecified atom stereocenters. The summed E-state index contributed by atoms with van der Waals surface area (Å²) in [5.41, 5.74) is 1.27. The van der Waals surface area contributed by atoms with Crippen LogP contribution in [0.15, 0.2) is 18.2 Å². The summed E-state index contributed by atoms with van der Waals surface area (Å²) in [6.07, 6.45) is 6.23. The van der Waals surface area contributed by atoms with Crippen LogP contribution in [0.5, 0.6) is 5.75 Å². The summed E-state index contributed by atoms with van der Waals surface area (Å²) >= 11 is 0. The van der Waals surface area contributed by atoms with Crippen molar-refractivity contribution < 1.29 is 14.3 Å². The van der Waals surface area contributed by atoms with E-state index in [1.165, 1.54) is 19.3 Å². The van der Waals surface area contributed by atoms with Gasteiger partial charge in [0.2, 0.25) is 0 Å². The molecule has 1 heterocycles. The zero-order valence-electron chi connectivity index (χ0n) is 12.4. The van der Waals surface area contributed by atoms with Gasteiger partial charge in [0, 0.05) is 12.0 Å². The van der Waals surface area contributed by atoms with Gasteiger partial charge in [0.25, 0.3) is 5.91 Å². The van der Waals surface area contributed by atoms with E-state index >= 15 is 0 Å². The predicted octanol–water partition coefficient (Wildman–Crippen LogP) is 3.56. The van der Waals surface area contributed by atoms with Crippen LogP contribution in [-0.2, 0) is 4.79 Å². The number of anilines is 1. The number of ketones is 1. The highest BCUT2D eigenvalue weighted by atomic mass is 16.5. The summed E-state index contributed by atoms with van der Waals surface area (Å²) in [6.45, 7) is 1.71. The SMILES string of the molecule is CC1Oc2ccc(C(=O)CC3CCCCC3)cc2NC1=O. The van der Waals surface area contributed by atoms with Crippen molar-refractivity contribution in [1.29, 1.82) is 0 Å². The van der Waals surface area contributed by atoms with Crippen molar-refractivity contribution in [2.24, 2.45) is 5.92 Å². The van der Waals surface area contributed by atoms with E-state index in [0.717, 1.165) is 12.8 Å². The van der Waals surface area contributed by atoms with Gasteiger partial charge < -0.3 is 10.1 Å². The molecule has 1 saturated carbocycles. The molecule has 1 atom stereocenters. The third-order valence-electron chi connectivity index (χ3n) is 4.43. The van der Waals surface area contributed by atoms with E-state index in [0.29, 0.717) is 29.3 Å². The Labute approximate surface area is 124 Å². The summed E-state index contributed by atoms with van der Waals surface area (Å²) < 4.78 is 5.51. The minimum Gasteiger partial charge on any atom is -0.479 e. The zero-order valence-corrected chi connectivity index (χ0v) is 12.4. The first-order valence-corrected chi connectivity index (χ1v) is 7.78. The first kappa shape index (κ1) is 14.1. The maximum absolute atomic E-state index is 12.4. The fourth-order valence-corrected chi connectivity index (χ4v) is 3.15. The topological polar surface area (TPSA) is 55.4 Å². The number of fused-ring (bicyclic) bond motifs is 1. The molecule has 4 heteroatoms. The van der Waals surface area contributed by atoms with Crippen LogP contribution in [0.25, 0.3) is 0 Å². The molecule has 1 amide bonds. The van der Waals surface area contributed by atoms with E-state index in [4.69, 9.17) is 4.74 Å². The molecule has 21 heavy (non-hydrogen) atoms. The lowest BCUT2D eigenvalue weighted by Gasteiger charge is -2.24. The number of benzene rings is 1. The Morgan fingerprint density at radius 2 is 2.05 bits per heavy atom. The molecule has 4 nitrogen and oxygen atoms in total. The monoisotopic (exact) mass is 287 g/mol. The zero-order chi connectivity index (χ0) is 14.8. The van der Waals surface area contributed by atoms with E-state index in [9.17, 15) is 9.59 Å². The van der Waals surface area contributed by atoms with Crippen LogP contribution in [-0.4, -0.2) is 17.8 Å². The first-order valence-electron chi connectivity index (χ1n) is 7.78. The average molecular weight is 287 g/mol. The molecule has 112 valence electrons. The van der Waals surface area contributed by atoms with Crippen LogP contribution in [0.2, 0.25) is 0 Å². The first-order chi connectivity index (χ1) is 10.1. The highest BCUT2D eigenvalue weighted by Crippen LogP contribution is 2.32. The van der Waals surface area contributed by atoms with Crippen molar-refractivity contribution in [3.05, 3.63) is 23.8 Å². The molecule has 1 aliphatic carbocycles. The minimum atomic E-state index is -0.485. The van der Waals surface area contributed by atoms with Crippen molar-refractivity contribution >= 4 is 17.4 Å². The van der Waals surface area contributed by atoms with Crippen molar-refractivity contribution in [3.63, 3.8) is 0 Å². The Kier molecular flexibility index (Phi) is 3.95. The fourth-order valence-electron chi connectivity index (χ4n) is 3.15. The predicted molar refractivity (Wildman–Crippen MR) is 80.7 cm³/mol. The third kappa shape index (κ3) is 3.09. The summed E-state index contributed by atoms with van der Waals surface area (Å²) in [5.74, 6) is 1.15. The van der Waals surface area contributed by atoms with Crippen molar-refractivity contribution in [2.45, 2.75) is 51.6 Å². The second kappa shape index (κ2) is 5.88. The van der Waals surface area contributed by atoms with Crippen molar-refractivity contribution in [2.75, 3.05) is 5.32 Å². The van der Waals surface area contributed by atoms with Crippen LogP contribution in [0, 0.1) is 5.92 Å². The molecule has 0 saturated heterocycles. The number of nitrogens with one attached hydrogen (secondary N) is 1. The van der Waals surface area contributed by atoms with Crippen molar-refractivity contribution in [3.8, 4) is 5.75 Å². The number of hydrogen-bond acceptors (Lipinski definition) is 3. The van der Waals surface area contributed by atoms with E-state index < -0.39 is 6.10 Å². The van der Waals surface area contributed by atoms with Gasteiger partial charge in [0.15, 0.2) is 11.9 Å². The number of amides is 1. The van der Waals surface area contributed by atoms with E-state index in [1.54, 1.807) is 25.1 Å². The molecular weight excluding hydrogens is 266 g/mol. The molecule has 0 radical (unpaired) electrons. The van der Waals surface area contributed by atoms with Gasteiger partial charge in [-0.15, -0.1) is 0 Å². The molecule has 3 rings (SSSR count). The summed E-state index contributed by atoms with van der Waals surface area (Å²) in [6, 6.07) is 5.32. The number of Topliss-reactive ketones (excluding diaryl/α,β-unsaturated/α-hetero) is 1. The second-order valence-corrected chi connectivity index (χ2v) is 6.09. The van der Waals surface area contributed by atoms with Crippen LogP contribution in [0.3, 0.4) is 0 Å². The van der Waals surface area contributed by atoms with Crippen LogP contribution in [0.1, 0.15) is 55.8 Å². The van der Waals surface area contributed by atoms with Gasteiger partial charge in [-0.25, -0.2) is 0 Å². The molecule has 1 fully saturated rings. The molecule has 1 aliphatic heterocycles. The number of hydrogen-bond donors (Lipinski definition) is 1. The van der Waals surface area contributed by atoms with E-state index in [2.05, 4.69) is 5.32 Å². The molecular formula is C17H21NO3. The Bertz CT molecular complexity index is 561.